The van der Waals surface area contributed by atoms with Crippen molar-refractivity contribution in [3.63, 3.8) is 0 Å². The van der Waals surface area contributed by atoms with E-state index in [9.17, 15) is 4.79 Å². The van der Waals surface area contributed by atoms with Crippen LogP contribution in [0.15, 0.2) is 48.5 Å². The normalized spacial score (nSPS) is 18.7. The molecule has 3 rings (SSSR count). The lowest BCUT2D eigenvalue weighted by Gasteiger charge is -2.29. The molecular formula is C23H29NO5. The molecule has 156 valence electrons. The number of carbonyl (C=O) groups is 1. The van der Waals surface area contributed by atoms with E-state index in [1.165, 1.54) is 0 Å². The van der Waals surface area contributed by atoms with Gasteiger partial charge in [0.15, 0.2) is 6.79 Å². The lowest BCUT2D eigenvalue weighted by atomic mass is 9.87. The van der Waals surface area contributed by atoms with E-state index in [0.29, 0.717) is 23.8 Å². The van der Waals surface area contributed by atoms with Crippen molar-refractivity contribution in [2.45, 2.75) is 31.8 Å². The molecule has 6 heteroatoms. The molecule has 0 spiro atoms. The molecular weight excluding hydrogens is 370 g/mol. The van der Waals surface area contributed by atoms with Crippen molar-refractivity contribution in [1.82, 2.24) is 5.32 Å². The smallest absolute Gasteiger partial charge is 0.251 e. The molecule has 1 aliphatic carbocycles. The highest BCUT2D eigenvalue weighted by atomic mass is 16.7. The van der Waals surface area contributed by atoms with E-state index in [1.807, 2.05) is 24.3 Å². The molecule has 0 heterocycles. The number of hydrogen-bond donors (Lipinski definition) is 1. The molecule has 0 saturated heterocycles. The Morgan fingerprint density at radius 3 is 2.14 bits per heavy atom. The Labute approximate surface area is 172 Å². The third-order valence-electron chi connectivity index (χ3n) is 5.17. The minimum atomic E-state index is -0.0557. The maximum Gasteiger partial charge on any atom is 0.251 e. The summed E-state index contributed by atoms with van der Waals surface area (Å²) in [6.07, 6.45) is 4.32. The van der Waals surface area contributed by atoms with E-state index in [1.54, 1.807) is 38.5 Å². The molecule has 1 N–H and O–H groups in total. The fourth-order valence-electron chi connectivity index (χ4n) is 3.47. The fraction of sp³-hybridized carbons (Fsp3) is 0.435. The SMILES string of the molecule is COCOc1ccc(C(=O)NC[C@H]2CC[C@@H](Oc3ccc(OC)cc3)CC2)cc1. The second-order valence-corrected chi connectivity index (χ2v) is 7.22. The van der Waals surface area contributed by atoms with Gasteiger partial charge >= 0.3 is 0 Å². The van der Waals surface area contributed by atoms with E-state index < -0.39 is 0 Å². The summed E-state index contributed by atoms with van der Waals surface area (Å²) in [6.45, 7) is 0.881. The van der Waals surface area contributed by atoms with Crippen LogP contribution in [0.5, 0.6) is 17.2 Å². The van der Waals surface area contributed by atoms with Crippen molar-refractivity contribution in [2.75, 3.05) is 27.6 Å². The number of rotatable bonds is 9. The van der Waals surface area contributed by atoms with Crippen molar-refractivity contribution in [1.29, 1.82) is 0 Å². The van der Waals surface area contributed by atoms with Gasteiger partial charge in [0.2, 0.25) is 0 Å². The third kappa shape index (κ3) is 6.39. The van der Waals surface area contributed by atoms with E-state index in [4.69, 9.17) is 18.9 Å². The van der Waals surface area contributed by atoms with Crippen molar-refractivity contribution in [3.8, 4) is 17.2 Å². The van der Waals surface area contributed by atoms with Gasteiger partial charge in [0, 0.05) is 19.2 Å². The van der Waals surface area contributed by atoms with Crippen molar-refractivity contribution < 1.29 is 23.7 Å². The highest BCUT2D eigenvalue weighted by molar-refractivity contribution is 5.94. The van der Waals surface area contributed by atoms with Crippen molar-refractivity contribution >= 4 is 5.91 Å². The number of ether oxygens (including phenoxy) is 4. The summed E-state index contributed by atoms with van der Waals surface area (Å²) in [5, 5.41) is 3.05. The van der Waals surface area contributed by atoms with Crippen LogP contribution in [0, 0.1) is 5.92 Å². The third-order valence-corrected chi connectivity index (χ3v) is 5.17. The molecule has 0 aromatic heterocycles. The lowest BCUT2D eigenvalue weighted by Crippen LogP contribution is -2.33. The average molecular weight is 399 g/mol. The molecule has 0 aliphatic heterocycles. The summed E-state index contributed by atoms with van der Waals surface area (Å²) in [5.41, 5.74) is 0.631. The van der Waals surface area contributed by atoms with Gasteiger partial charge in [-0.2, -0.15) is 0 Å². The predicted molar refractivity (Wildman–Crippen MR) is 111 cm³/mol. The number of carbonyl (C=O) groups excluding carboxylic acids is 1. The molecule has 2 aromatic carbocycles. The number of hydrogen-bond acceptors (Lipinski definition) is 5. The topological polar surface area (TPSA) is 66.0 Å². The molecule has 2 aromatic rings. The fourth-order valence-corrected chi connectivity index (χ4v) is 3.47. The quantitative estimate of drug-likeness (QED) is 0.645. The van der Waals surface area contributed by atoms with Crippen molar-refractivity contribution in [3.05, 3.63) is 54.1 Å². The van der Waals surface area contributed by atoms with Gasteiger partial charge in [-0.05, 0) is 80.1 Å². The molecule has 0 radical (unpaired) electrons. The number of nitrogens with one attached hydrogen (secondary N) is 1. The monoisotopic (exact) mass is 399 g/mol. The Morgan fingerprint density at radius 1 is 0.897 bits per heavy atom. The molecule has 0 atom stereocenters. The summed E-state index contributed by atoms with van der Waals surface area (Å²) in [4.78, 5) is 12.4. The second kappa shape index (κ2) is 10.7. The summed E-state index contributed by atoms with van der Waals surface area (Å²) < 4.78 is 21.4. The maximum atomic E-state index is 12.4. The van der Waals surface area contributed by atoms with Crippen LogP contribution in [0.3, 0.4) is 0 Å². The highest BCUT2D eigenvalue weighted by Crippen LogP contribution is 2.28. The summed E-state index contributed by atoms with van der Waals surface area (Å²) in [5.74, 6) is 2.81. The Kier molecular flexibility index (Phi) is 7.76. The first-order chi connectivity index (χ1) is 14.2. The zero-order valence-corrected chi connectivity index (χ0v) is 17.1. The summed E-state index contributed by atoms with van der Waals surface area (Å²) in [6, 6.07) is 14.8. The van der Waals surface area contributed by atoms with Crippen LogP contribution in [0.1, 0.15) is 36.0 Å². The van der Waals surface area contributed by atoms with Crippen LogP contribution < -0.4 is 19.5 Å². The summed E-state index contributed by atoms with van der Waals surface area (Å²) >= 11 is 0. The van der Waals surface area contributed by atoms with Crippen LogP contribution in [0.25, 0.3) is 0 Å². The second-order valence-electron chi connectivity index (χ2n) is 7.22. The maximum absolute atomic E-state index is 12.4. The molecule has 0 bridgehead atoms. The van der Waals surface area contributed by atoms with Crippen LogP contribution in [-0.4, -0.2) is 39.6 Å². The Bertz CT molecular complexity index is 752. The molecule has 1 fully saturated rings. The zero-order chi connectivity index (χ0) is 20.5. The first kappa shape index (κ1) is 21.0. The Hall–Kier alpha value is -2.73. The van der Waals surface area contributed by atoms with Gasteiger partial charge in [-0.3, -0.25) is 4.79 Å². The van der Waals surface area contributed by atoms with Gasteiger partial charge in [-0.1, -0.05) is 0 Å². The summed E-state index contributed by atoms with van der Waals surface area (Å²) in [7, 11) is 3.23. The van der Waals surface area contributed by atoms with Crippen LogP contribution in [0.4, 0.5) is 0 Å². The molecule has 1 amide bonds. The Balaban J connectivity index is 1.38. The van der Waals surface area contributed by atoms with Gasteiger partial charge < -0.3 is 24.3 Å². The van der Waals surface area contributed by atoms with E-state index in [-0.39, 0.29) is 18.8 Å². The van der Waals surface area contributed by atoms with Crippen molar-refractivity contribution in [2.24, 2.45) is 5.92 Å². The van der Waals surface area contributed by atoms with Crippen LogP contribution >= 0.6 is 0 Å². The van der Waals surface area contributed by atoms with Gasteiger partial charge in [0.1, 0.15) is 17.2 Å². The van der Waals surface area contributed by atoms with Gasteiger partial charge in [-0.25, -0.2) is 0 Å². The Morgan fingerprint density at radius 2 is 1.52 bits per heavy atom. The number of benzene rings is 2. The van der Waals surface area contributed by atoms with Gasteiger partial charge in [0.25, 0.3) is 5.91 Å². The average Bonchev–Trinajstić information content (AvgIpc) is 2.78. The minimum absolute atomic E-state index is 0.0557. The molecule has 0 unspecified atom stereocenters. The molecule has 6 nitrogen and oxygen atoms in total. The van der Waals surface area contributed by atoms with Gasteiger partial charge in [-0.15, -0.1) is 0 Å². The highest BCUT2D eigenvalue weighted by Gasteiger charge is 2.23. The minimum Gasteiger partial charge on any atom is -0.497 e. The van der Waals surface area contributed by atoms with Gasteiger partial charge in [0.05, 0.1) is 13.2 Å². The molecule has 1 saturated carbocycles. The largest absolute Gasteiger partial charge is 0.497 e. The molecule has 1 aliphatic rings. The zero-order valence-electron chi connectivity index (χ0n) is 17.1. The number of methoxy groups -OCH3 is 2. The van der Waals surface area contributed by atoms with Crippen LogP contribution in [0.2, 0.25) is 0 Å². The first-order valence-corrected chi connectivity index (χ1v) is 9.98. The van der Waals surface area contributed by atoms with E-state index in [2.05, 4.69) is 5.32 Å². The first-order valence-electron chi connectivity index (χ1n) is 9.98. The number of amides is 1. The van der Waals surface area contributed by atoms with Crippen LogP contribution in [-0.2, 0) is 4.74 Å². The van der Waals surface area contributed by atoms with E-state index >= 15 is 0 Å². The molecule has 29 heavy (non-hydrogen) atoms. The standard InChI is InChI=1S/C23H29NO5/c1-26-16-28-20-9-5-18(6-10-20)23(25)24-15-17-3-7-21(8-4-17)29-22-13-11-19(27-2)12-14-22/h5-6,9-14,17,21H,3-4,7-8,15-16H2,1-2H3,(H,24,25)/t17-,21+. The predicted octanol–water partition coefficient (Wildman–Crippen LogP) is 4.05. The lowest BCUT2D eigenvalue weighted by molar-refractivity contribution is 0.0511. The van der Waals surface area contributed by atoms with E-state index in [0.717, 1.165) is 37.2 Å².